The van der Waals surface area contributed by atoms with Gasteiger partial charge >= 0.3 is 6.09 Å². The number of nitrogens with one attached hydrogen (secondary N) is 1. The maximum Gasteiger partial charge on any atom is 0.408 e. The van der Waals surface area contributed by atoms with Crippen LogP contribution < -0.4 is 10.1 Å². The summed E-state index contributed by atoms with van der Waals surface area (Å²) in [7, 11) is 1.61. The Labute approximate surface area is 140 Å². The fourth-order valence-electron chi connectivity index (χ4n) is 3.33. The van der Waals surface area contributed by atoms with E-state index in [9.17, 15) is 4.79 Å². The number of ether oxygens (including phenoxy) is 2. The zero-order valence-corrected chi connectivity index (χ0v) is 13.8. The smallest absolute Gasteiger partial charge is 0.408 e. The first-order valence-corrected chi connectivity index (χ1v) is 8.61. The molecule has 1 atom stereocenters. The third kappa shape index (κ3) is 3.02. The molecular weight excluding hydrogens is 308 g/mol. The molecule has 4 rings (SSSR count). The Morgan fingerprint density at radius 1 is 1.33 bits per heavy atom. The summed E-state index contributed by atoms with van der Waals surface area (Å²) in [5, 5.41) is 7.50. The minimum Gasteiger partial charge on any atom is -0.493 e. The minimum atomic E-state index is -0.357. The van der Waals surface area contributed by atoms with Gasteiger partial charge in [0, 0.05) is 6.20 Å². The van der Waals surface area contributed by atoms with Gasteiger partial charge in [-0.05, 0) is 56.6 Å². The second-order valence-electron chi connectivity index (χ2n) is 6.59. The van der Waals surface area contributed by atoms with Crippen LogP contribution in [0.1, 0.15) is 50.4 Å². The van der Waals surface area contributed by atoms with E-state index in [1.165, 1.54) is 0 Å². The first kappa shape index (κ1) is 15.2. The van der Waals surface area contributed by atoms with Crippen LogP contribution in [-0.2, 0) is 4.74 Å². The molecule has 1 N–H and O–H groups in total. The molecule has 0 bridgehead atoms. The van der Waals surface area contributed by atoms with E-state index in [1.807, 2.05) is 18.3 Å². The van der Waals surface area contributed by atoms with Crippen LogP contribution in [0.3, 0.4) is 0 Å². The lowest BCUT2D eigenvalue weighted by molar-refractivity contribution is 0.0964. The number of aromatic nitrogens is 3. The van der Waals surface area contributed by atoms with Gasteiger partial charge in [-0.15, -0.1) is 5.10 Å². The molecule has 0 radical (unpaired) electrons. The number of amides is 1. The summed E-state index contributed by atoms with van der Waals surface area (Å²) in [4.78, 5) is 16.8. The molecule has 7 nitrogen and oxygen atoms in total. The van der Waals surface area contributed by atoms with Crippen LogP contribution in [-0.4, -0.2) is 33.9 Å². The summed E-state index contributed by atoms with van der Waals surface area (Å²) in [6, 6.07) is 3.50. The number of hydrogen-bond donors (Lipinski definition) is 1. The van der Waals surface area contributed by atoms with Crippen molar-refractivity contribution >= 4 is 11.7 Å². The summed E-state index contributed by atoms with van der Waals surface area (Å²) in [6.45, 7) is 0. The van der Waals surface area contributed by atoms with E-state index in [1.54, 1.807) is 11.6 Å². The Hall–Kier alpha value is -2.31. The molecule has 1 amide bonds. The fraction of sp³-hybridized carbons (Fsp3) is 0.588. The molecule has 0 saturated heterocycles. The molecule has 2 aromatic rings. The van der Waals surface area contributed by atoms with Crippen LogP contribution in [0.15, 0.2) is 18.3 Å². The second kappa shape index (κ2) is 6.30. The minimum absolute atomic E-state index is 0.0546. The maximum absolute atomic E-state index is 12.2. The molecule has 128 valence electrons. The van der Waals surface area contributed by atoms with Crippen molar-refractivity contribution in [2.75, 3.05) is 7.11 Å². The normalized spacial score (nSPS) is 19.4. The van der Waals surface area contributed by atoms with Crippen molar-refractivity contribution < 1.29 is 14.3 Å². The highest BCUT2D eigenvalue weighted by Gasteiger charge is 2.37. The molecule has 2 fully saturated rings. The molecule has 0 aromatic carbocycles. The van der Waals surface area contributed by atoms with Crippen LogP contribution in [0, 0.1) is 5.92 Å². The van der Waals surface area contributed by atoms with Crippen molar-refractivity contribution in [3.05, 3.63) is 24.2 Å². The molecule has 0 aliphatic heterocycles. The number of fused-ring (bicyclic) bond motifs is 1. The number of nitrogens with zero attached hydrogens (tertiary/aromatic N) is 3. The van der Waals surface area contributed by atoms with Crippen molar-refractivity contribution in [3.63, 3.8) is 0 Å². The monoisotopic (exact) mass is 330 g/mol. The Morgan fingerprint density at radius 3 is 2.83 bits per heavy atom. The number of carbonyl (C=O) groups is 1. The van der Waals surface area contributed by atoms with Gasteiger partial charge in [-0.3, -0.25) is 0 Å². The number of rotatable bonds is 5. The van der Waals surface area contributed by atoms with Crippen LogP contribution in [0.5, 0.6) is 5.75 Å². The zero-order chi connectivity index (χ0) is 16.5. The molecule has 2 saturated carbocycles. The molecule has 7 heteroatoms. The topological polar surface area (TPSA) is 77.8 Å². The van der Waals surface area contributed by atoms with Crippen molar-refractivity contribution in [1.29, 1.82) is 0 Å². The van der Waals surface area contributed by atoms with Gasteiger partial charge in [0.15, 0.2) is 17.2 Å². The second-order valence-corrected chi connectivity index (χ2v) is 6.59. The molecule has 2 heterocycles. The third-order valence-corrected chi connectivity index (χ3v) is 4.78. The predicted molar refractivity (Wildman–Crippen MR) is 86.9 cm³/mol. The van der Waals surface area contributed by atoms with Gasteiger partial charge in [0.2, 0.25) is 0 Å². The van der Waals surface area contributed by atoms with Crippen molar-refractivity contribution in [2.45, 2.75) is 50.7 Å². The first-order valence-electron chi connectivity index (χ1n) is 8.61. The van der Waals surface area contributed by atoms with Crippen LogP contribution in [0.4, 0.5) is 4.79 Å². The zero-order valence-electron chi connectivity index (χ0n) is 13.8. The highest BCUT2D eigenvalue weighted by atomic mass is 16.6. The van der Waals surface area contributed by atoms with Gasteiger partial charge < -0.3 is 14.8 Å². The van der Waals surface area contributed by atoms with Gasteiger partial charge in [-0.1, -0.05) is 0 Å². The highest BCUT2D eigenvalue weighted by Crippen LogP contribution is 2.40. The van der Waals surface area contributed by atoms with Gasteiger partial charge in [0.25, 0.3) is 0 Å². The van der Waals surface area contributed by atoms with Gasteiger partial charge in [-0.25, -0.2) is 14.3 Å². The van der Waals surface area contributed by atoms with E-state index in [0.717, 1.165) is 38.5 Å². The number of alkyl carbamates (subject to hydrolysis) is 1. The number of pyridine rings is 1. The van der Waals surface area contributed by atoms with Crippen LogP contribution in [0.2, 0.25) is 0 Å². The van der Waals surface area contributed by atoms with E-state index >= 15 is 0 Å². The summed E-state index contributed by atoms with van der Waals surface area (Å²) in [5.41, 5.74) is 0.659. The van der Waals surface area contributed by atoms with E-state index < -0.39 is 0 Å². The number of carbonyl (C=O) groups excluding carboxylic acids is 1. The molecule has 0 spiro atoms. The Bertz CT molecular complexity index is 735. The third-order valence-electron chi connectivity index (χ3n) is 4.78. The lowest BCUT2D eigenvalue weighted by Gasteiger charge is -2.17. The fourth-order valence-corrected chi connectivity index (χ4v) is 3.33. The predicted octanol–water partition coefficient (Wildman–Crippen LogP) is 2.86. The average Bonchev–Trinajstić information content (AvgIpc) is 3.12. The number of methoxy groups -OCH3 is 1. The molecule has 2 aliphatic carbocycles. The van der Waals surface area contributed by atoms with Crippen molar-refractivity contribution in [2.24, 2.45) is 5.92 Å². The van der Waals surface area contributed by atoms with Crippen molar-refractivity contribution in [3.8, 4) is 5.75 Å². The highest BCUT2D eigenvalue weighted by molar-refractivity contribution is 5.68. The van der Waals surface area contributed by atoms with E-state index in [0.29, 0.717) is 23.1 Å². The Morgan fingerprint density at radius 2 is 2.12 bits per heavy atom. The molecular formula is C17H22N4O3. The lowest BCUT2D eigenvalue weighted by atomic mass is 10.2. The Balaban J connectivity index is 1.53. The SMILES string of the molecule is COc1cccn2nc(C(NC(=O)OC3CCCC3)C3CC3)nc12. The lowest BCUT2D eigenvalue weighted by Crippen LogP contribution is -2.33. The Kier molecular flexibility index (Phi) is 4.00. The van der Waals surface area contributed by atoms with Crippen LogP contribution in [0.25, 0.3) is 5.65 Å². The molecule has 2 aromatic heterocycles. The average molecular weight is 330 g/mol. The standard InChI is InChI=1S/C17H22N4O3/c1-23-13-7-4-10-21-16(13)19-15(20-21)14(11-8-9-11)18-17(22)24-12-5-2-3-6-12/h4,7,10-12,14H,2-3,5-6,8-9H2,1H3,(H,18,22). The van der Waals surface area contributed by atoms with Gasteiger partial charge in [0.05, 0.1) is 13.2 Å². The van der Waals surface area contributed by atoms with Gasteiger partial charge in [0.1, 0.15) is 6.10 Å². The maximum atomic E-state index is 12.2. The largest absolute Gasteiger partial charge is 0.493 e. The molecule has 2 aliphatic rings. The van der Waals surface area contributed by atoms with Crippen LogP contribution >= 0.6 is 0 Å². The number of hydrogen-bond acceptors (Lipinski definition) is 5. The summed E-state index contributed by atoms with van der Waals surface area (Å²) in [5.74, 6) is 1.66. The molecule has 24 heavy (non-hydrogen) atoms. The summed E-state index contributed by atoms with van der Waals surface area (Å²) < 4.78 is 12.5. The summed E-state index contributed by atoms with van der Waals surface area (Å²) in [6.07, 6.45) is 7.87. The van der Waals surface area contributed by atoms with E-state index in [2.05, 4.69) is 15.4 Å². The summed E-state index contributed by atoms with van der Waals surface area (Å²) >= 11 is 0. The van der Waals surface area contributed by atoms with Crippen molar-refractivity contribution in [1.82, 2.24) is 19.9 Å². The van der Waals surface area contributed by atoms with E-state index in [4.69, 9.17) is 9.47 Å². The quantitative estimate of drug-likeness (QED) is 0.912. The first-order chi connectivity index (χ1) is 11.7. The van der Waals surface area contributed by atoms with E-state index in [-0.39, 0.29) is 18.2 Å². The van der Waals surface area contributed by atoms with Gasteiger partial charge in [-0.2, -0.15) is 0 Å². The molecule has 1 unspecified atom stereocenters.